The molecule has 5 rings (SSSR count). The van der Waals surface area contributed by atoms with Crippen LogP contribution >= 0.6 is 11.6 Å². The number of ether oxygens (including phenoxy) is 1. The largest absolute Gasteiger partial charge is 0.493 e. The molecule has 49 heavy (non-hydrogen) atoms. The van der Waals surface area contributed by atoms with Crippen molar-refractivity contribution in [2.24, 2.45) is 0 Å². The number of benzene rings is 4. The molecule has 0 aliphatic carbocycles. The Morgan fingerprint density at radius 2 is 1.37 bits per heavy atom. The predicted octanol–water partition coefficient (Wildman–Crippen LogP) is 10.5. The summed E-state index contributed by atoms with van der Waals surface area (Å²) >= 11 is 6.45. The maximum Gasteiger partial charge on any atom is 0.229 e. The highest BCUT2D eigenvalue weighted by molar-refractivity contribution is 6.31. The van der Waals surface area contributed by atoms with Crippen molar-refractivity contribution in [3.05, 3.63) is 137 Å². The molecule has 0 saturated heterocycles. The van der Waals surface area contributed by atoms with Gasteiger partial charge in [-0.25, -0.2) is 13.2 Å². The standard InChI is InChI=1S/C40H47ClFN3O.CH2F2/c1-3-23-43(24-4-2)27-28-45-26-22-35-38(45)20-12-21-39(35)46-29-13-25-44(30-34-18-11-19-37(42)40(34)41)31-36(32-14-7-5-8-15-32)33-16-9-6-10-17-33;2-1-3/h5-12,14-22,26,36H,3-4,13,23-25,27-31H2,1-2H3;1H2. The smallest absolute Gasteiger partial charge is 0.229 e. The fourth-order valence-corrected chi connectivity index (χ4v) is 6.57. The molecule has 0 unspecified atom stereocenters. The van der Waals surface area contributed by atoms with Gasteiger partial charge < -0.3 is 14.2 Å². The van der Waals surface area contributed by atoms with Crippen molar-refractivity contribution < 1.29 is 17.9 Å². The summed E-state index contributed by atoms with van der Waals surface area (Å²) in [6.07, 6.45) is 5.36. The van der Waals surface area contributed by atoms with Crippen LogP contribution in [0.2, 0.25) is 5.02 Å². The Hall–Kier alpha value is -3.78. The van der Waals surface area contributed by atoms with E-state index in [1.165, 1.54) is 35.6 Å². The maximum absolute atomic E-state index is 14.4. The minimum atomic E-state index is -1.75. The van der Waals surface area contributed by atoms with Gasteiger partial charge in [0.05, 0.1) is 17.1 Å². The highest BCUT2D eigenvalue weighted by atomic mass is 35.5. The van der Waals surface area contributed by atoms with E-state index in [1.807, 2.05) is 6.07 Å². The van der Waals surface area contributed by atoms with Crippen molar-refractivity contribution in [2.45, 2.75) is 52.1 Å². The first-order valence-corrected chi connectivity index (χ1v) is 17.7. The SMILES string of the molecule is CCCN(CCC)CCn1ccc2c(OCCCN(Cc3cccc(F)c3Cl)CC(c3ccccc3)c3ccccc3)cccc21.FCF. The molecule has 0 saturated carbocycles. The Bertz CT molecular complexity index is 1600. The first kappa shape index (κ1) is 38.0. The second kappa shape index (κ2) is 20.7. The van der Waals surface area contributed by atoms with Gasteiger partial charge in [-0.3, -0.25) is 4.90 Å². The molecule has 0 bridgehead atoms. The molecule has 0 radical (unpaired) electrons. The minimum Gasteiger partial charge on any atom is -0.493 e. The van der Waals surface area contributed by atoms with E-state index in [2.05, 4.69) is 119 Å². The van der Waals surface area contributed by atoms with Crippen LogP contribution in [0.1, 0.15) is 55.7 Å². The monoisotopic (exact) mass is 691 g/mol. The molecule has 4 nitrogen and oxygen atoms in total. The summed E-state index contributed by atoms with van der Waals surface area (Å²) in [5.41, 5.74) is 4.51. The maximum atomic E-state index is 14.4. The normalized spacial score (nSPS) is 11.4. The van der Waals surface area contributed by atoms with Gasteiger partial charge in [-0.05, 0) is 73.3 Å². The highest BCUT2D eigenvalue weighted by Crippen LogP contribution is 2.29. The molecule has 1 aromatic heterocycles. The van der Waals surface area contributed by atoms with Crippen molar-refractivity contribution in [3.8, 4) is 5.75 Å². The molecule has 5 aromatic rings. The third-order valence-electron chi connectivity index (χ3n) is 8.66. The Morgan fingerprint density at radius 1 is 0.735 bits per heavy atom. The summed E-state index contributed by atoms with van der Waals surface area (Å²) in [5, 5.41) is 1.35. The lowest BCUT2D eigenvalue weighted by Crippen LogP contribution is -2.31. The molecule has 0 spiro atoms. The second-order valence-corrected chi connectivity index (χ2v) is 12.5. The van der Waals surface area contributed by atoms with Crippen LogP contribution in [0, 0.1) is 5.82 Å². The Kier molecular flexibility index (Phi) is 16.0. The molecule has 8 heteroatoms. The molecule has 0 aliphatic heterocycles. The lowest BCUT2D eigenvalue weighted by Gasteiger charge is -2.29. The zero-order valence-electron chi connectivity index (χ0n) is 28.7. The topological polar surface area (TPSA) is 20.6 Å². The summed E-state index contributed by atoms with van der Waals surface area (Å²) < 4.78 is 42.4. The van der Waals surface area contributed by atoms with E-state index in [0.29, 0.717) is 13.2 Å². The molecule has 0 atom stereocenters. The molecule has 0 amide bonds. The van der Waals surface area contributed by atoms with Crippen molar-refractivity contribution in [1.29, 1.82) is 0 Å². The molecular formula is C41H49ClF3N3O. The number of nitrogens with zero attached hydrogens (tertiary/aromatic N) is 3. The number of halogens is 4. The van der Waals surface area contributed by atoms with Crippen LogP contribution in [0.15, 0.2) is 109 Å². The zero-order chi connectivity index (χ0) is 34.8. The van der Waals surface area contributed by atoms with Gasteiger partial charge in [0.1, 0.15) is 11.6 Å². The molecular weight excluding hydrogens is 643 g/mol. The van der Waals surface area contributed by atoms with E-state index >= 15 is 0 Å². The molecule has 1 heterocycles. The van der Waals surface area contributed by atoms with Crippen LogP contribution in [-0.4, -0.2) is 60.6 Å². The van der Waals surface area contributed by atoms with Crippen LogP contribution < -0.4 is 4.74 Å². The highest BCUT2D eigenvalue weighted by Gasteiger charge is 2.20. The first-order chi connectivity index (χ1) is 24.0. The van der Waals surface area contributed by atoms with E-state index in [9.17, 15) is 13.2 Å². The predicted molar refractivity (Wildman–Crippen MR) is 198 cm³/mol. The number of aromatic nitrogens is 1. The van der Waals surface area contributed by atoms with Gasteiger partial charge in [-0.1, -0.05) is 104 Å². The average molecular weight is 692 g/mol. The van der Waals surface area contributed by atoms with Crippen LogP contribution in [-0.2, 0) is 13.1 Å². The first-order valence-electron chi connectivity index (χ1n) is 17.3. The summed E-state index contributed by atoms with van der Waals surface area (Å²) in [4.78, 5) is 4.93. The van der Waals surface area contributed by atoms with Crippen LogP contribution in [0.25, 0.3) is 10.9 Å². The second-order valence-electron chi connectivity index (χ2n) is 12.2. The van der Waals surface area contributed by atoms with Gasteiger partial charge in [0.25, 0.3) is 0 Å². The number of alkyl halides is 2. The molecule has 0 N–H and O–H groups in total. The molecule has 0 fully saturated rings. The summed E-state index contributed by atoms with van der Waals surface area (Å²) in [5.74, 6) is 0.699. The third-order valence-corrected chi connectivity index (χ3v) is 9.08. The zero-order valence-corrected chi connectivity index (χ0v) is 29.5. The molecule has 4 aromatic carbocycles. The van der Waals surface area contributed by atoms with Crippen molar-refractivity contribution in [3.63, 3.8) is 0 Å². The number of fused-ring (bicyclic) bond motifs is 1. The summed E-state index contributed by atoms with van der Waals surface area (Å²) in [6, 6.07) is 34.8. The minimum absolute atomic E-state index is 0.162. The lowest BCUT2D eigenvalue weighted by molar-refractivity contribution is 0.223. The van der Waals surface area contributed by atoms with E-state index in [4.69, 9.17) is 16.3 Å². The number of rotatable bonds is 18. The number of hydrogen-bond donors (Lipinski definition) is 0. The van der Waals surface area contributed by atoms with Crippen molar-refractivity contribution in [1.82, 2.24) is 14.4 Å². The summed E-state index contributed by atoms with van der Waals surface area (Å²) in [6.45, 7) is 9.73. The molecule has 0 aliphatic rings. The van der Waals surface area contributed by atoms with Gasteiger partial charge in [0.2, 0.25) is 6.93 Å². The number of hydrogen-bond acceptors (Lipinski definition) is 3. The molecule has 262 valence electrons. The Morgan fingerprint density at radius 3 is 2.00 bits per heavy atom. The fraction of sp³-hybridized carbons (Fsp3) is 0.366. The van der Waals surface area contributed by atoms with Gasteiger partial charge in [-0.2, -0.15) is 0 Å². The van der Waals surface area contributed by atoms with Crippen molar-refractivity contribution in [2.75, 3.05) is 46.3 Å². The van der Waals surface area contributed by atoms with Crippen LogP contribution in [0.3, 0.4) is 0 Å². The van der Waals surface area contributed by atoms with Crippen LogP contribution in [0.5, 0.6) is 5.75 Å². The Balaban J connectivity index is 0.00000174. The third kappa shape index (κ3) is 11.4. The summed E-state index contributed by atoms with van der Waals surface area (Å²) in [7, 11) is 0. The van der Waals surface area contributed by atoms with Gasteiger partial charge in [0.15, 0.2) is 0 Å². The van der Waals surface area contributed by atoms with Crippen molar-refractivity contribution >= 4 is 22.5 Å². The van der Waals surface area contributed by atoms with E-state index in [0.717, 1.165) is 62.4 Å². The quantitative estimate of drug-likeness (QED) is 0.0853. The van der Waals surface area contributed by atoms with E-state index < -0.39 is 6.93 Å². The lowest BCUT2D eigenvalue weighted by atomic mass is 9.90. The average Bonchev–Trinajstić information content (AvgIpc) is 3.55. The van der Waals surface area contributed by atoms with Gasteiger partial charge in [0, 0.05) is 50.2 Å². The van der Waals surface area contributed by atoms with Crippen LogP contribution in [0.4, 0.5) is 13.2 Å². The van der Waals surface area contributed by atoms with E-state index in [1.54, 1.807) is 6.07 Å². The van der Waals surface area contributed by atoms with Gasteiger partial charge >= 0.3 is 0 Å². The fourth-order valence-electron chi connectivity index (χ4n) is 6.38. The Labute approximate surface area is 295 Å². The van der Waals surface area contributed by atoms with Gasteiger partial charge in [-0.15, -0.1) is 0 Å². The van der Waals surface area contributed by atoms with E-state index in [-0.39, 0.29) is 16.8 Å².